The van der Waals surface area contributed by atoms with Gasteiger partial charge < -0.3 is 14.1 Å². The maximum atomic E-state index is 7.28. The van der Waals surface area contributed by atoms with Gasteiger partial charge in [-0.25, -0.2) is 0 Å². The molecule has 9 aromatic rings. The van der Waals surface area contributed by atoms with E-state index in [9.17, 15) is 0 Å². The summed E-state index contributed by atoms with van der Waals surface area (Å²) in [4.78, 5) is 5.43. The minimum atomic E-state index is -0.276. The van der Waals surface area contributed by atoms with Crippen molar-refractivity contribution in [3.8, 4) is 33.4 Å². The fourth-order valence-corrected chi connectivity index (χ4v) is 13.5. The SMILES string of the molecule is CC1(C)CCC(C)(C)c2cc3c(cc21)N1c2c(cccc2C3(C)C)B2c3c(cc4c(oc5ccccc54)c31)-c1ccc(-c3ccccc3)cc1N2c1cccc2c1C(C)(C)c1ccccc1-2. The molecule has 0 saturated heterocycles. The highest BCUT2D eigenvalue weighted by Crippen LogP contribution is 2.61. The van der Waals surface area contributed by atoms with Crippen molar-refractivity contribution in [2.45, 2.75) is 89.9 Å². The molecular formula is C62H53BN2O. The van der Waals surface area contributed by atoms with Crippen LogP contribution in [0.1, 0.15) is 102 Å². The lowest BCUT2D eigenvalue weighted by Crippen LogP contribution is -2.62. The van der Waals surface area contributed by atoms with Crippen LogP contribution < -0.4 is 20.6 Å². The lowest BCUT2D eigenvalue weighted by atomic mass is 9.42. The number of furan rings is 1. The molecule has 5 aliphatic rings. The number of hydrogen-bond donors (Lipinski definition) is 0. The summed E-state index contributed by atoms with van der Waals surface area (Å²) in [6.45, 7) is 19.5. The summed E-state index contributed by atoms with van der Waals surface area (Å²) < 4.78 is 7.28. The highest BCUT2D eigenvalue weighted by Gasteiger charge is 2.53. The summed E-state index contributed by atoms with van der Waals surface area (Å²) in [5.41, 5.74) is 26.4. The van der Waals surface area contributed by atoms with E-state index >= 15 is 0 Å². The number of nitrogens with zero attached hydrogens (tertiary/aromatic N) is 2. The quantitative estimate of drug-likeness (QED) is 0.162. The molecule has 0 bridgehead atoms. The molecule has 3 aliphatic heterocycles. The Bertz CT molecular complexity index is 3620. The van der Waals surface area contributed by atoms with Crippen LogP contribution in [0.4, 0.5) is 28.4 Å². The van der Waals surface area contributed by atoms with Gasteiger partial charge in [0.05, 0.1) is 11.4 Å². The molecule has 8 aromatic carbocycles. The van der Waals surface area contributed by atoms with Gasteiger partial charge in [0.15, 0.2) is 5.58 Å². The van der Waals surface area contributed by atoms with E-state index in [1.807, 2.05) is 0 Å². The maximum absolute atomic E-state index is 7.28. The van der Waals surface area contributed by atoms with Gasteiger partial charge in [0.1, 0.15) is 5.58 Å². The van der Waals surface area contributed by atoms with Crippen LogP contribution in [-0.4, -0.2) is 6.85 Å². The lowest BCUT2D eigenvalue weighted by molar-refractivity contribution is 0.331. The number of para-hydroxylation sites is 2. The molecule has 4 heterocycles. The molecule has 3 nitrogen and oxygen atoms in total. The third-order valence-corrected chi connectivity index (χ3v) is 17.1. The van der Waals surface area contributed by atoms with Gasteiger partial charge in [-0.15, -0.1) is 0 Å². The Labute approximate surface area is 388 Å². The molecule has 0 spiro atoms. The standard InChI is InChI=1S/C62H53BN2O/c1-59(2)30-31-60(3,4)47-35-52-48(34-46(47)59)61(5,6)45-24-17-25-49-56(45)64(52)57-55-42(33-43-40-21-13-15-27-53(40)66-58(43)57)39-29-28-37(36-18-10-9-11-19-36)32-51(39)65(63(49)55)50-26-16-22-41-38-20-12-14-23-44(38)62(7,8)54(41)50/h9-29,32-35H,30-31H2,1-8H3. The van der Waals surface area contributed by atoms with Gasteiger partial charge in [0.25, 0.3) is 0 Å². The van der Waals surface area contributed by atoms with Crippen LogP contribution in [0.5, 0.6) is 0 Å². The van der Waals surface area contributed by atoms with E-state index in [1.165, 1.54) is 113 Å². The number of hydrogen-bond acceptors (Lipinski definition) is 3. The Hall–Kier alpha value is -6.78. The van der Waals surface area contributed by atoms with Crippen molar-refractivity contribution < 1.29 is 4.42 Å². The van der Waals surface area contributed by atoms with Crippen molar-refractivity contribution in [3.05, 3.63) is 185 Å². The summed E-state index contributed by atoms with van der Waals surface area (Å²) in [6.07, 6.45) is 2.34. The normalized spacial score (nSPS) is 18.0. The number of anilines is 5. The minimum absolute atomic E-state index is 0.0389. The molecule has 0 amide bonds. The average Bonchev–Trinajstić information content (AvgIpc) is 3.81. The number of benzene rings is 8. The Balaban J connectivity index is 1.16. The molecule has 14 rings (SSSR count). The fraction of sp³-hybridized carbons (Fsp3) is 0.226. The first-order valence-electron chi connectivity index (χ1n) is 24.1. The van der Waals surface area contributed by atoms with Gasteiger partial charge in [-0.3, -0.25) is 0 Å². The van der Waals surface area contributed by atoms with Crippen molar-refractivity contribution in [2.75, 3.05) is 9.71 Å². The van der Waals surface area contributed by atoms with Gasteiger partial charge in [0, 0.05) is 44.2 Å². The van der Waals surface area contributed by atoms with Crippen molar-refractivity contribution in [2.24, 2.45) is 0 Å². The van der Waals surface area contributed by atoms with Crippen molar-refractivity contribution in [1.29, 1.82) is 0 Å². The van der Waals surface area contributed by atoms with E-state index in [-0.39, 0.29) is 28.5 Å². The van der Waals surface area contributed by atoms with E-state index in [2.05, 4.69) is 217 Å². The third-order valence-electron chi connectivity index (χ3n) is 17.1. The first-order valence-corrected chi connectivity index (χ1v) is 24.1. The lowest BCUT2D eigenvalue weighted by Gasteiger charge is -2.52. The molecule has 66 heavy (non-hydrogen) atoms. The fourth-order valence-electron chi connectivity index (χ4n) is 13.5. The Morgan fingerprint density at radius 3 is 1.97 bits per heavy atom. The summed E-state index contributed by atoms with van der Waals surface area (Å²) in [6, 6.07) is 57.9. The Morgan fingerprint density at radius 2 is 1.15 bits per heavy atom. The first kappa shape index (κ1) is 38.5. The molecule has 0 atom stereocenters. The van der Waals surface area contributed by atoms with E-state index in [1.54, 1.807) is 0 Å². The summed E-state index contributed by atoms with van der Waals surface area (Å²) in [7, 11) is 0. The zero-order valence-electron chi connectivity index (χ0n) is 39.2. The number of rotatable bonds is 2. The van der Waals surface area contributed by atoms with Crippen molar-refractivity contribution >= 4 is 68.1 Å². The zero-order valence-corrected chi connectivity index (χ0v) is 39.2. The van der Waals surface area contributed by atoms with Gasteiger partial charge in [0.2, 0.25) is 0 Å². The van der Waals surface area contributed by atoms with E-state index in [0.29, 0.717) is 0 Å². The highest BCUT2D eigenvalue weighted by molar-refractivity contribution is 6.94. The van der Waals surface area contributed by atoms with Crippen LogP contribution >= 0.6 is 0 Å². The molecule has 4 heteroatoms. The smallest absolute Gasteiger partial charge is 0.333 e. The van der Waals surface area contributed by atoms with Gasteiger partial charge in [-0.2, -0.15) is 0 Å². The van der Waals surface area contributed by atoms with Crippen LogP contribution in [0.2, 0.25) is 0 Å². The molecule has 320 valence electrons. The average molecular weight is 853 g/mol. The molecule has 0 saturated carbocycles. The molecule has 0 radical (unpaired) electrons. The molecular weight excluding hydrogens is 800 g/mol. The number of fused-ring (bicyclic) bond motifs is 14. The molecule has 0 fully saturated rings. The Kier molecular flexibility index (Phi) is 7.32. The van der Waals surface area contributed by atoms with Crippen LogP contribution in [-0.2, 0) is 21.7 Å². The highest BCUT2D eigenvalue weighted by atomic mass is 16.3. The predicted molar refractivity (Wildman–Crippen MR) is 278 cm³/mol. The second kappa shape index (κ2) is 12.6. The predicted octanol–water partition coefficient (Wildman–Crippen LogP) is 15.3. The first-order chi connectivity index (χ1) is 31.8. The van der Waals surface area contributed by atoms with Gasteiger partial charge in [-0.1, -0.05) is 177 Å². The minimum Gasteiger partial charge on any atom is -0.454 e. The molecule has 0 unspecified atom stereocenters. The van der Waals surface area contributed by atoms with Crippen LogP contribution in [0.25, 0.3) is 55.3 Å². The monoisotopic (exact) mass is 852 g/mol. The van der Waals surface area contributed by atoms with E-state index in [4.69, 9.17) is 4.42 Å². The molecule has 1 aromatic heterocycles. The Morgan fingerprint density at radius 1 is 0.455 bits per heavy atom. The summed E-state index contributed by atoms with van der Waals surface area (Å²) >= 11 is 0. The summed E-state index contributed by atoms with van der Waals surface area (Å²) in [5.74, 6) is 0. The van der Waals surface area contributed by atoms with Crippen molar-refractivity contribution in [3.63, 3.8) is 0 Å². The molecule has 2 aliphatic carbocycles. The van der Waals surface area contributed by atoms with E-state index in [0.717, 1.165) is 28.4 Å². The van der Waals surface area contributed by atoms with Gasteiger partial charge >= 0.3 is 6.85 Å². The largest absolute Gasteiger partial charge is 0.454 e. The van der Waals surface area contributed by atoms with Crippen molar-refractivity contribution in [1.82, 2.24) is 0 Å². The second-order valence-corrected chi connectivity index (χ2v) is 22.3. The van der Waals surface area contributed by atoms with Gasteiger partial charge in [-0.05, 0) is 126 Å². The third kappa shape index (κ3) is 4.75. The molecule has 0 N–H and O–H groups in total. The van der Waals surface area contributed by atoms with Crippen LogP contribution in [0.3, 0.4) is 0 Å². The topological polar surface area (TPSA) is 19.6 Å². The van der Waals surface area contributed by atoms with E-state index < -0.39 is 0 Å². The van der Waals surface area contributed by atoms with Crippen LogP contribution in [0.15, 0.2) is 156 Å². The maximum Gasteiger partial charge on any atom is 0.333 e. The summed E-state index contributed by atoms with van der Waals surface area (Å²) in [5, 5.41) is 2.31. The second-order valence-electron chi connectivity index (χ2n) is 22.3. The zero-order chi connectivity index (χ0) is 44.8. The van der Waals surface area contributed by atoms with Crippen LogP contribution in [0, 0.1) is 0 Å².